The lowest BCUT2D eigenvalue weighted by Crippen LogP contribution is -1.98. The second-order valence-electron chi connectivity index (χ2n) is 6.43. The van der Waals surface area contributed by atoms with Gasteiger partial charge < -0.3 is 9.47 Å². The lowest BCUT2D eigenvalue weighted by molar-refractivity contribution is 0.300. The lowest BCUT2D eigenvalue weighted by atomic mass is 10.1. The van der Waals surface area contributed by atoms with Crippen LogP contribution in [0.2, 0.25) is 0 Å². The molecule has 2 nitrogen and oxygen atoms in total. The van der Waals surface area contributed by atoms with Gasteiger partial charge in [0.25, 0.3) is 0 Å². The maximum Gasteiger partial charge on any atom is 0.123 e. The topological polar surface area (TPSA) is 18.5 Å². The summed E-state index contributed by atoms with van der Waals surface area (Å²) in [6.07, 6.45) is 9.32. The summed E-state index contributed by atoms with van der Waals surface area (Å²) in [6, 6.07) is 12.3. The van der Waals surface area contributed by atoms with Crippen molar-refractivity contribution in [1.29, 1.82) is 0 Å². The van der Waals surface area contributed by atoms with Gasteiger partial charge in [0, 0.05) is 0 Å². The Kier molecular flexibility index (Phi) is 9.55. The van der Waals surface area contributed by atoms with Crippen molar-refractivity contribution in [2.45, 2.75) is 51.4 Å². The zero-order valence-electron chi connectivity index (χ0n) is 15.3. The Morgan fingerprint density at radius 3 is 1.12 bits per heavy atom. The molecule has 0 atom stereocenters. The highest BCUT2D eigenvalue weighted by molar-refractivity contribution is 5.22. The van der Waals surface area contributed by atoms with Crippen molar-refractivity contribution in [2.24, 2.45) is 0 Å². The van der Waals surface area contributed by atoms with E-state index in [1.54, 1.807) is 24.3 Å². The third-order valence-corrected chi connectivity index (χ3v) is 4.20. The number of rotatable bonds is 13. The van der Waals surface area contributed by atoms with Crippen LogP contribution < -0.4 is 9.47 Å². The fraction of sp³-hybridized carbons (Fsp3) is 0.455. The van der Waals surface area contributed by atoms with Crippen molar-refractivity contribution in [1.82, 2.24) is 0 Å². The van der Waals surface area contributed by atoms with Gasteiger partial charge in [-0.3, -0.25) is 0 Å². The van der Waals surface area contributed by atoms with Gasteiger partial charge in [-0.25, -0.2) is 8.78 Å². The molecule has 0 saturated heterocycles. The quantitative estimate of drug-likeness (QED) is 0.376. The monoisotopic (exact) mass is 362 g/mol. The fourth-order valence-corrected chi connectivity index (χ4v) is 2.71. The summed E-state index contributed by atoms with van der Waals surface area (Å²) < 4.78 is 36.7. The zero-order valence-corrected chi connectivity index (χ0v) is 15.3. The average molecular weight is 362 g/mol. The summed E-state index contributed by atoms with van der Waals surface area (Å²) in [4.78, 5) is 0. The van der Waals surface area contributed by atoms with Crippen LogP contribution in [-0.2, 0) is 0 Å². The minimum Gasteiger partial charge on any atom is -0.494 e. The predicted octanol–water partition coefficient (Wildman–Crippen LogP) is 6.54. The summed E-state index contributed by atoms with van der Waals surface area (Å²) in [6.45, 7) is 1.37. The van der Waals surface area contributed by atoms with Crippen LogP contribution in [0.15, 0.2) is 48.5 Å². The molecule has 0 fully saturated rings. The Balaban J connectivity index is 1.35. The van der Waals surface area contributed by atoms with Gasteiger partial charge in [-0.1, -0.05) is 38.5 Å². The molecule has 0 saturated carbocycles. The predicted molar refractivity (Wildman–Crippen MR) is 101 cm³/mol. The van der Waals surface area contributed by atoms with Gasteiger partial charge in [0.2, 0.25) is 0 Å². The van der Waals surface area contributed by atoms with E-state index in [1.165, 1.54) is 49.9 Å². The standard InChI is InChI=1S/C22H28F2O2/c23-19-9-13-21(14-10-19)25-17-7-5-3-1-2-4-6-8-18-26-22-15-11-20(24)12-16-22/h9-16H,1-8,17-18H2. The van der Waals surface area contributed by atoms with Crippen LogP contribution in [-0.4, -0.2) is 13.2 Å². The number of halogens is 2. The maximum atomic E-state index is 12.8. The third kappa shape index (κ3) is 8.84. The van der Waals surface area contributed by atoms with E-state index in [0.29, 0.717) is 13.2 Å². The molecule has 0 N–H and O–H groups in total. The second-order valence-corrected chi connectivity index (χ2v) is 6.43. The van der Waals surface area contributed by atoms with Gasteiger partial charge in [0.15, 0.2) is 0 Å². The molecule has 0 spiro atoms. The van der Waals surface area contributed by atoms with Crippen molar-refractivity contribution in [2.75, 3.05) is 13.2 Å². The molecule has 4 heteroatoms. The first-order valence-electron chi connectivity index (χ1n) is 9.51. The molecule has 0 unspecified atom stereocenters. The molecule has 0 heterocycles. The highest BCUT2D eigenvalue weighted by atomic mass is 19.1. The lowest BCUT2D eigenvalue weighted by Gasteiger charge is -2.07. The molecule has 0 aliphatic heterocycles. The Labute approximate surface area is 155 Å². The molecular formula is C22H28F2O2. The third-order valence-electron chi connectivity index (χ3n) is 4.20. The Hall–Kier alpha value is -2.10. The number of unbranched alkanes of at least 4 members (excludes halogenated alkanes) is 7. The van der Waals surface area contributed by atoms with E-state index >= 15 is 0 Å². The van der Waals surface area contributed by atoms with E-state index in [2.05, 4.69) is 0 Å². The first kappa shape index (κ1) is 20.2. The van der Waals surface area contributed by atoms with E-state index in [1.807, 2.05) is 0 Å². The number of hydrogen-bond acceptors (Lipinski definition) is 2. The van der Waals surface area contributed by atoms with E-state index in [-0.39, 0.29) is 11.6 Å². The van der Waals surface area contributed by atoms with Crippen molar-refractivity contribution in [3.63, 3.8) is 0 Å². The average Bonchev–Trinajstić information content (AvgIpc) is 2.65. The smallest absolute Gasteiger partial charge is 0.123 e. The van der Waals surface area contributed by atoms with Gasteiger partial charge in [-0.05, 0) is 61.4 Å². The molecule has 0 aromatic heterocycles. The van der Waals surface area contributed by atoms with Crippen LogP contribution in [0.1, 0.15) is 51.4 Å². The SMILES string of the molecule is Fc1ccc(OCCCCCCCCCCOc2ccc(F)cc2)cc1. The van der Waals surface area contributed by atoms with Crippen molar-refractivity contribution in [3.8, 4) is 11.5 Å². The van der Waals surface area contributed by atoms with Crippen LogP contribution in [0.5, 0.6) is 11.5 Å². The van der Waals surface area contributed by atoms with Crippen LogP contribution in [0.3, 0.4) is 0 Å². The van der Waals surface area contributed by atoms with Crippen molar-refractivity contribution >= 4 is 0 Å². The zero-order chi connectivity index (χ0) is 18.5. The van der Waals surface area contributed by atoms with Crippen LogP contribution in [0.4, 0.5) is 8.78 Å². The van der Waals surface area contributed by atoms with Crippen molar-refractivity contribution in [3.05, 3.63) is 60.2 Å². The Bertz CT molecular complexity index is 541. The summed E-state index contributed by atoms with van der Waals surface area (Å²) >= 11 is 0. The first-order valence-corrected chi connectivity index (χ1v) is 9.51. The molecule has 2 aromatic rings. The van der Waals surface area contributed by atoms with Gasteiger partial charge >= 0.3 is 0 Å². The van der Waals surface area contributed by atoms with Crippen LogP contribution >= 0.6 is 0 Å². The summed E-state index contributed by atoms with van der Waals surface area (Å²) in [5.41, 5.74) is 0. The van der Waals surface area contributed by atoms with E-state index in [4.69, 9.17) is 9.47 Å². The molecular weight excluding hydrogens is 334 g/mol. The summed E-state index contributed by atoms with van der Waals surface area (Å²) in [5.74, 6) is 0.988. The van der Waals surface area contributed by atoms with Crippen molar-refractivity contribution < 1.29 is 18.3 Å². The maximum absolute atomic E-state index is 12.8. The first-order chi connectivity index (χ1) is 12.7. The fourth-order valence-electron chi connectivity index (χ4n) is 2.71. The highest BCUT2D eigenvalue weighted by Crippen LogP contribution is 2.14. The molecule has 0 aliphatic rings. The van der Waals surface area contributed by atoms with Gasteiger partial charge in [-0.2, -0.15) is 0 Å². The minimum atomic E-state index is -0.237. The molecule has 0 aliphatic carbocycles. The summed E-state index contributed by atoms with van der Waals surface area (Å²) in [7, 11) is 0. The molecule has 142 valence electrons. The minimum absolute atomic E-state index is 0.237. The van der Waals surface area contributed by atoms with E-state index in [0.717, 1.165) is 37.2 Å². The second kappa shape index (κ2) is 12.3. The summed E-state index contributed by atoms with van der Waals surface area (Å²) in [5, 5.41) is 0. The Morgan fingerprint density at radius 2 is 0.769 bits per heavy atom. The van der Waals surface area contributed by atoms with Gasteiger partial charge in [0.1, 0.15) is 23.1 Å². The normalized spacial score (nSPS) is 10.7. The van der Waals surface area contributed by atoms with Crippen LogP contribution in [0, 0.1) is 11.6 Å². The molecule has 0 radical (unpaired) electrons. The van der Waals surface area contributed by atoms with Crippen LogP contribution in [0.25, 0.3) is 0 Å². The molecule has 0 amide bonds. The number of benzene rings is 2. The molecule has 0 bridgehead atoms. The molecule has 2 aromatic carbocycles. The molecule has 26 heavy (non-hydrogen) atoms. The van der Waals surface area contributed by atoms with E-state index in [9.17, 15) is 8.78 Å². The van der Waals surface area contributed by atoms with E-state index < -0.39 is 0 Å². The highest BCUT2D eigenvalue weighted by Gasteiger charge is 1.97. The number of ether oxygens (including phenoxy) is 2. The van der Waals surface area contributed by atoms with Gasteiger partial charge in [-0.15, -0.1) is 0 Å². The van der Waals surface area contributed by atoms with Gasteiger partial charge in [0.05, 0.1) is 13.2 Å². The Morgan fingerprint density at radius 1 is 0.462 bits per heavy atom. The molecule has 2 rings (SSSR count). The largest absolute Gasteiger partial charge is 0.494 e. The number of hydrogen-bond donors (Lipinski definition) is 0.